The van der Waals surface area contributed by atoms with Crippen molar-refractivity contribution in [3.8, 4) is 0 Å². The molecule has 0 aromatic heterocycles. The maximum atomic E-state index is 11.5. The van der Waals surface area contributed by atoms with E-state index in [0.717, 1.165) is 11.4 Å². The molecule has 4 nitrogen and oxygen atoms in total. The summed E-state index contributed by atoms with van der Waals surface area (Å²) in [6, 6.07) is 0. The first kappa shape index (κ1) is 12.2. The van der Waals surface area contributed by atoms with E-state index in [4.69, 9.17) is 9.05 Å². The van der Waals surface area contributed by atoms with E-state index in [0.29, 0.717) is 19.5 Å². The van der Waals surface area contributed by atoms with Gasteiger partial charge in [-0.15, -0.1) is 0 Å². The Labute approximate surface area is 76.3 Å². The van der Waals surface area contributed by atoms with Crippen LogP contribution in [0.2, 0.25) is 0 Å². The second kappa shape index (κ2) is 6.66. The smallest absolute Gasteiger partial charge is 0.302 e. The second-order valence-corrected chi connectivity index (χ2v) is 5.86. The summed E-state index contributed by atoms with van der Waals surface area (Å²) in [6.45, 7) is 1.05. The molecule has 0 saturated carbocycles. The molecule has 12 heavy (non-hydrogen) atoms. The van der Waals surface area contributed by atoms with Crippen LogP contribution in [0.25, 0.3) is 0 Å². The van der Waals surface area contributed by atoms with Crippen molar-refractivity contribution in [2.45, 2.75) is 13.8 Å². The van der Waals surface area contributed by atoms with Crippen LogP contribution in [0, 0.1) is 0 Å². The molecule has 0 heterocycles. The van der Waals surface area contributed by atoms with Gasteiger partial charge in [-0.25, -0.2) is 4.57 Å². The van der Waals surface area contributed by atoms with Crippen molar-refractivity contribution in [1.29, 1.82) is 0 Å². The third-order valence-corrected chi connectivity index (χ3v) is 4.65. The molecule has 0 aromatic rings. The van der Waals surface area contributed by atoms with Gasteiger partial charge in [-0.1, -0.05) is 0 Å². The molecule has 0 aromatic carbocycles. The van der Waals surface area contributed by atoms with Gasteiger partial charge in [0, 0.05) is 0 Å². The van der Waals surface area contributed by atoms with Crippen LogP contribution in [0.4, 0.5) is 0 Å². The largest absolute Gasteiger partial charge is 0.389 e. The van der Waals surface area contributed by atoms with Gasteiger partial charge >= 0.3 is 6.80 Å². The monoisotopic (exact) mass is 212 g/mol. The molecule has 0 bridgehead atoms. The van der Waals surface area contributed by atoms with E-state index >= 15 is 0 Å². The van der Waals surface area contributed by atoms with E-state index in [2.05, 4.69) is 0 Å². The second-order valence-electron chi connectivity index (χ2n) is 1.75. The molecule has 0 aliphatic carbocycles. The summed E-state index contributed by atoms with van der Waals surface area (Å²) < 4.78 is 21.4. The van der Waals surface area contributed by atoms with Crippen LogP contribution in [-0.2, 0) is 18.4 Å². The van der Waals surface area contributed by atoms with Gasteiger partial charge in [0.2, 0.25) is 0 Å². The fourth-order valence-corrected chi connectivity index (χ4v) is 3.46. The van der Waals surface area contributed by atoms with Gasteiger partial charge in [-0.05, 0) is 25.2 Å². The average molecular weight is 212 g/mol. The number of rotatable bonds is 7. The molecule has 0 radical (unpaired) electrons. The quantitative estimate of drug-likeness (QED) is 0.477. The highest BCUT2D eigenvalue weighted by atomic mass is 32.7. The fourth-order valence-electron chi connectivity index (χ4n) is 0.550. The normalized spacial score (nSPS) is 11.5. The summed E-state index contributed by atoms with van der Waals surface area (Å²) in [7, 11) is 0. The summed E-state index contributed by atoms with van der Waals surface area (Å²) >= 11 is 0.916. The minimum atomic E-state index is -3.05. The molecular weight excluding hydrogens is 199 g/mol. The third-order valence-electron chi connectivity index (χ3n) is 0.875. The van der Waals surface area contributed by atoms with Crippen molar-refractivity contribution in [3.05, 3.63) is 0 Å². The van der Waals surface area contributed by atoms with E-state index in [-0.39, 0.29) is 5.75 Å². The van der Waals surface area contributed by atoms with Crippen LogP contribution >= 0.6 is 18.2 Å². The zero-order valence-corrected chi connectivity index (χ0v) is 8.90. The highest BCUT2D eigenvalue weighted by Crippen LogP contribution is 2.60. The van der Waals surface area contributed by atoms with E-state index < -0.39 is 6.80 Å². The lowest BCUT2D eigenvalue weighted by atomic mass is 10.9. The number of carbonyl (C=O) groups excluding carboxylic acids is 1. The molecule has 0 amide bonds. The van der Waals surface area contributed by atoms with E-state index in [1.807, 2.05) is 0 Å². The third kappa shape index (κ3) is 4.93. The summed E-state index contributed by atoms with van der Waals surface area (Å²) in [5.41, 5.74) is 0. The Kier molecular flexibility index (Phi) is 6.76. The first-order chi connectivity index (χ1) is 5.68. The van der Waals surface area contributed by atoms with Crippen LogP contribution in [0.15, 0.2) is 0 Å². The molecule has 0 unspecified atom stereocenters. The molecule has 0 rings (SSSR count). The zero-order chi connectivity index (χ0) is 9.45. The van der Waals surface area contributed by atoms with E-state index in [9.17, 15) is 9.36 Å². The molecule has 0 N–H and O–H groups in total. The predicted molar refractivity (Wildman–Crippen MR) is 49.4 cm³/mol. The summed E-state index contributed by atoms with van der Waals surface area (Å²) in [5, 5.41) is 0. The number of hydrogen-bond acceptors (Lipinski definition) is 5. The van der Waals surface area contributed by atoms with Crippen LogP contribution in [0.1, 0.15) is 13.8 Å². The van der Waals surface area contributed by atoms with Crippen molar-refractivity contribution < 1.29 is 18.4 Å². The minimum Gasteiger partial charge on any atom is -0.302 e. The number of hydrogen-bond donors (Lipinski definition) is 0. The Morgan fingerprint density at radius 3 is 2.17 bits per heavy atom. The predicted octanol–water partition coefficient (Wildman–Crippen LogP) is 2.10. The lowest BCUT2D eigenvalue weighted by Crippen LogP contribution is -1.93. The first-order valence-electron chi connectivity index (χ1n) is 3.65. The highest BCUT2D eigenvalue weighted by molar-refractivity contribution is 8.55. The SMILES string of the molecule is CCOP(=O)(OCC)SCC=O. The number of carbonyl (C=O) groups is 1. The molecule has 0 atom stereocenters. The fraction of sp³-hybridized carbons (Fsp3) is 0.833. The van der Waals surface area contributed by atoms with Crippen molar-refractivity contribution in [1.82, 2.24) is 0 Å². The lowest BCUT2D eigenvalue weighted by Gasteiger charge is -2.13. The Hall–Kier alpha value is 0.170. The Bertz CT molecular complexity index is 163. The lowest BCUT2D eigenvalue weighted by molar-refractivity contribution is -0.105. The molecule has 72 valence electrons. The Morgan fingerprint density at radius 2 is 1.83 bits per heavy atom. The molecule has 0 aliphatic heterocycles. The van der Waals surface area contributed by atoms with Crippen LogP contribution in [0.5, 0.6) is 0 Å². The van der Waals surface area contributed by atoms with E-state index in [1.54, 1.807) is 13.8 Å². The van der Waals surface area contributed by atoms with Gasteiger partial charge in [-0.3, -0.25) is 0 Å². The number of aldehydes is 1. The van der Waals surface area contributed by atoms with Gasteiger partial charge in [0.15, 0.2) is 0 Å². The summed E-state index contributed by atoms with van der Waals surface area (Å²) in [4.78, 5) is 10.0. The van der Waals surface area contributed by atoms with E-state index in [1.165, 1.54) is 0 Å². The van der Waals surface area contributed by atoms with Crippen LogP contribution < -0.4 is 0 Å². The maximum Gasteiger partial charge on any atom is 0.389 e. The van der Waals surface area contributed by atoms with Crippen molar-refractivity contribution >= 4 is 24.5 Å². The van der Waals surface area contributed by atoms with Crippen molar-refractivity contribution in [3.63, 3.8) is 0 Å². The first-order valence-corrected chi connectivity index (χ1v) is 6.79. The van der Waals surface area contributed by atoms with Crippen LogP contribution in [-0.4, -0.2) is 25.3 Å². The minimum absolute atomic E-state index is 0.136. The highest BCUT2D eigenvalue weighted by Gasteiger charge is 2.23. The Balaban J connectivity index is 3.98. The molecule has 6 heteroatoms. The van der Waals surface area contributed by atoms with Gasteiger partial charge in [-0.2, -0.15) is 0 Å². The van der Waals surface area contributed by atoms with Crippen molar-refractivity contribution in [2.24, 2.45) is 0 Å². The summed E-state index contributed by atoms with van der Waals surface area (Å²) in [6.07, 6.45) is 0.676. The standard InChI is InChI=1S/C6H13O4PS/c1-3-9-11(8,10-4-2)12-6-5-7/h5H,3-4,6H2,1-2H3. The molecule has 0 aliphatic rings. The van der Waals surface area contributed by atoms with Gasteiger partial charge in [0.1, 0.15) is 6.29 Å². The zero-order valence-electron chi connectivity index (χ0n) is 7.19. The Morgan fingerprint density at radius 1 is 1.33 bits per heavy atom. The summed E-state index contributed by atoms with van der Waals surface area (Å²) in [5.74, 6) is 0.136. The van der Waals surface area contributed by atoms with Crippen molar-refractivity contribution in [2.75, 3.05) is 19.0 Å². The average Bonchev–Trinajstić information content (AvgIpc) is 2.02. The molecule has 0 fully saturated rings. The van der Waals surface area contributed by atoms with Gasteiger partial charge < -0.3 is 13.8 Å². The van der Waals surface area contributed by atoms with Crippen LogP contribution in [0.3, 0.4) is 0 Å². The molecule has 0 saturated heterocycles. The molecule has 0 spiro atoms. The maximum absolute atomic E-state index is 11.5. The molecular formula is C6H13O4PS. The van der Waals surface area contributed by atoms with Gasteiger partial charge in [0.25, 0.3) is 0 Å². The van der Waals surface area contributed by atoms with Gasteiger partial charge in [0.05, 0.1) is 19.0 Å². The topological polar surface area (TPSA) is 52.6 Å².